The van der Waals surface area contributed by atoms with E-state index >= 15 is 0 Å². The van der Waals surface area contributed by atoms with Gasteiger partial charge in [-0.3, -0.25) is 9.59 Å². The van der Waals surface area contributed by atoms with Gasteiger partial charge in [0.2, 0.25) is 0 Å². The molecule has 0 bridgehead atoms. The van der Waals surface area contributed by atoms with Crippen LogP contribution >= 0.6 is 0 Å². The Morgan fingerprint density at radius 1 is 0.857 bits per heavy atom. The molecule has 0 aliphatic heterocycles. The lowest BCUT2D eigenvalue weighted by molar-refractivity contribution is -0.116. The summed E-state index contributed by atoms with van der Waals surface area (Å²) in [5, 5.41) is 0. The zero-order valence-corrected chi connectivity index (χ0v) is 19.1. The van der Waals surface area contributed by atoms with E-state index in [9.17, 15) is 9.59 Å². The molecule has 0 fully saturated rings. The third kappa shape index (κ3) is 12.2. The molecule has 162 valence electrons. The Kier molecular flexibility index (Phi) is 13.2. The second kappa shape index (κ2) is 13.8. The summed E-state index contributed by atoms with van der Waals surface area (Å²) in [6.45, 7) is 22.0. The molecule has 0 amide bonds. The molecule has 0 radical (unpaired) electrons. The highest BCUT2D eigenvalue weighted by Gasteiger charge is 2.24. The molecule has 0 aliphatic rings. The van der Waals surface area contributed by atoms with Gasteiger partial charge in [0.1, 0.15) is 0 Å². The summed E-state index contributed by atoms with van der Waals surface area (Å²) in [6, 6.07) is 0. The monoisotopic (exact) mass is 394 g/mol. The van der Waals surface area contributed by atoms with Crippen LogP contribution in [0.3, 0.4) is 0 Å². The quantitative estimate of drug-likeness (QED) is 0.303. The Balaban J connectivity index is 4.10. The number of Topliss-reactive ketones (excluding diaryl/α,β-unsaturated/α-hetero) is 2. The van der Waals surface area contributed by atoms with Crippen LogP contribution in [0.5, 0.6) is 0 Å². The highest BCUT2D eigenvalue weighted by molar-refractivity contribution is 5.94. The average Bonchev–Trinajstić information content (AvgIpc) is 2.63. The fourth-order valence-electron chi connectivity index (χ4n) is 2.61. The molecule has 0 heterocycles. The van der Waals surface area contributed by atoms with Gasteiger partial charge in [-0.2, -0.15) is 0 Å². The molecule has 0 N–H and O–H groups in total. The van der Waals surface area contributed by atoms with Crippen molar-refractivity contribution >= 4 is 11.6 Å². The van der Waals surface area contributed by atoms with Gasteiger partial charge < -0.3 is 9.47 Å². The minimum atomic E-state index is -0.0273. The highest BCUT2D eigenvalue weighted by Crippen LogP contribution is 2.23. The second-order valence-corrected chi connectivity index (χ2v) is 8.89. The van der Waals surface area contributed by atoms with Crippen LogP contribution in [0.4, 0.5) is 0 Å². The Morgan fingerprint density at radius 2 is 1.21 bits per heavy atom. The summed E-state index contributed by atoms with van der Waals surface area (Å²) in [5.41, 5.74) is 1.23. The predicted octanol–water partition coefficient (Wildman–Crippen LogP) is 5.56. The number of ketones is 2. The number of carbonyl (C=O) groups is 2. The van der Waals surface area contributed by atoms with E-state index in [1.165, 1.54) is 0 Å². The molecular weight excluding hydrogens is 352 g/mol. The van der Waals surface area contributed by atoms with Crippen LogP contribution in [0, 0.1) is 17.3 Å². The van der Waals surface area contributed by atoms with Gasteiger partial charge in [0, 0.05) is 31.5 Å². The number of hydrogen-bond donors (Lipinski definition) is 0. The van der Waals surface area contributed by atoms with Crippen LogP contribution in [-0.4, -0.2) is 38.0 Å². The van der Waals surface area contributed by atoms with Gasteiger partial charge in [0.05, 0.1) is 13.2 Å². The first-order valence-electron chi connectivity index (χ1n) is 10.5. The van der Waals surface area contributed by atoms with Crippen molar-refractivity contribution in [1.29, 1.82) is 0 Å². The van der Waals surface area contributed by atoms with Crippen LogP contribution in [0.15, 0.2) is 24.3 Å². The van der Waals surface area contributed by atoms with Crippen molar-refractivity contribution in [3.05, 3.63) is 24.3 Å². The minimum Gasteiger partial charge on any atom is -0.381 e. The number of ether oxygens (including phenoxy) is 2. The first kappa shape index (κ1) is 26.7. The lowest BCUT2D eigenvalue weighted by Gasteiger charge is -2.29. The van der Waals surface area contributed by atoms with Gasteiger partial charge in [-0.1, -0.05) is 40.9 Å². The average molecular weight is 395 g/mol. The molecule has 0 aliphatic carbocycles. The Morgan fingerprint density at radius 3 is 1.50 bits per heavy atom. The molecule has 0 spiro atoms. The maximum atomic E-state index is 11.6. The van der Waals surface area contributed by atoms with Crippen LogP contribution in [0.25, 0.3) is 0 Å². The molecular formula is C24H42O4. The largest absolute Gasteiger partial charge is 0.381 e. The van der Waals surface area contributed by atoms with Gasteiger partial charge in [-0.15, -0.1) is 0 Å². The van der Waals surface area contributed by atoms with E-state index in [1.807, 2.05) is 0 Å². The molecule has 0 saturated carbocycles. The van der Waals surface area contributed by atoms with Gasteiger partial charge in [-0.25, -0.2) is 0 Å². The molecule has 0 aromatic heterocycles. The molecule has 2 unspecified atom stereocenters. The summed E-state index contributed by atoms with van der Waals surface area (Å²) < 4.78 is 11.9. The Labute approximate surface area is 172 Å². The van der Waals surface area contributed by atoms with Gasteiger partial charge in [-0.05, 0) is 56.1 Å². The summed E-state index contributed by atoms with van der Waals surface area (Å²) in [6.07, 6.45) is 3.70. The van der Waals surface area contributed by atoms with Crippen molar-refractivity contribution in [2.75, 3.05) is 26.4 Å². The zero-order valence-electron chi connectivity index (χ0n) is 19.1. The van der Waals surface area contributed by atoms with Gasteiger partial charge in [0.15, 0.2) is 11.6 Å². The van der Waals surface area contributed by atoms with E-state index in [0.717, 1.165) is 19.3 Å². The number of hydrogen-bond acceptors (Lipinski definition) is 4. The molecule has 2 atom stereocenters. The fourth-order valence-corrected chi connectivity index (χ4v) is 2.61. The van der Waals surface area contributed by atoms with Gasteiger partial charge in [0.25, 0.3) is 0 Å². The lowest BCUT2D eigenvalue weighted by atomic mass is 9.89. The standard InChI is InChI=1S/C24H42O4/c1-9-24(8,16-27-14-20(6)10-12-22(25)18(2)3)17-28-15-21(7)11-13-23(26)19(4)5/h20-21H,2,4,9-17H2,1,3,5-8H3. The lowest BCUT2D eigenvalue weighted by Crippen LogP contribution is -2.30. The van der Waals surface area contributed by atoms with Crippen molar-refractivity contribution in [1.82, 2.24) is 0 Å². The third-order valence-electron chi connectivity index (χ3n) is 5.24. The second-order valence-electron chi connectivity index (χ2n) is 8.89. The third-order valence-corrected chi connectivity index (χ3v) is 5.24. The Bertz CT molecular complexity index is 479. The maximum Gasteiger partial charge on any atom is 0.157 e. The molecule has 0 aromatic rings. The maximum absolute atomic E-state index is 11.6. The number of carbonyl (C=O) groups excluding carboxylic acids is 2. The van der Waals surface area contributed by atoms with Crippen molar-refractivity contribution in [3.63, 3.8) is 0 Å². The van der Waals surface area contributed by atoms with Crippen molar-refractivity contribution in [2.45, 2.75) is 73.6 Å². The normalized spacial score (nSPS) is 15.5. The first-order valence-corrected chi connectivity index (χ1v) is 10.5. The molecule has 4 nitrogen and oxygen atoms in total. The molecule has 28 heavy (non-hydrogen) atoms. The van der Waals surface area contributed by atoms with Crippen molar-refractivity contribution in [2.24, 2.45) is 17.3 Å². The number of rotatable bonds is 17. The van der Waals surface area contributed by atoms with E-state index in [2.05, 4.69) is 40.9 Å². The fraction of sp³-hybridized carbons (Fsp3) is 0.750. The van der Waals surface area contributed by atoms with Gasteiger partial charge >= 0.3 is 0 Å². The van der Waals surface area contributed by atoms with Crippen LogP contribution in [0.2, 0.25) is 0 Å². The molecule has 0 saturated heterocycles. The van der Waals surface area contributed by atoms with E-state index in [-0.39, 0.29) is 17.0 Å². The predicted molar refractivity (Wildman–Crippen MR) is 116 cm³/mol. The minimum absolute atomic E-state index is 0.0273. The SMILES string of the molecule is C=C(C)C(=O)CCC(C)COCC(C)(CC)COCC(C)CCC(=O)C(=C)C. The van der Waals surface area contributed by atoms with Crippen LogP contribution in [-0.2, 0) is 19.1 Å². The Hall–Kier alpha value is -1.26. The summed E-state index contributed by atoms with van der Waals surface area (Å²) in [7, 11) is 0. The molecule has 4 heteroatoms. The number of allylic oxidation sites excluding steroid dienone is 2. The van der Waals surface area contributed by atoms with E-state index < -0.39 is 0 Å². The summed E-state index contributed by atoms with van der Waals surface area (Å²) in [5.74, 6) is 0.961. The molecule has 0 rings (SSSR count). The van der Waals surface area contributed by atoms with E-state index in [0.29, 0.717) is 62.3 Å². The van der Waals surface area contributed by atoms with Crippen molar-refractivity contribution < 1.29 is 19.1 Å². The zero-order chi connectivity index (χ0) is 21.7. The van der Waals surface area contributed by atoms with Crippen LogP contribution in [0.1, 0.15) is 73.6 Å². The van der Waals surface area contributed by atoms with E-state index in [1.54, 1.807) is 13.8 Å². The van der Waals surface area contributed by atoms with E-state index in [4.69, 9.17) is 9.47 Å². The highest BCUT2D eigenvalue weighted by atomic mass is 16.5. The van der Waals surface area contributed by atoms with Crippen molar-refractivity contribution in [3.8, 4) is 0 Å². The summed E-state index contributed by atoms with van der Waals surface area (Å²) >= 11 is 0. The van der Waals surface area contributed by atoms with Crippen LogP contribution < -0.4 is 0 Å². The topological polar surface area (TPSA) is 52.6 Å². The molecule has 0 aromatic carbocycles. The first-order chi connectivity index (χ1) is 13.0. The smallest absolute Gasteiger partial charge is 0.157 e. The summed E-state index contributed by atoms with van der Waals surface area (Å²) in [4.78, 5) is 23.3.